The average molecular weight is 266 g/mol. The third kappa shape index (κ3) is 2.96. The van der Waals surface area contributed by atoms with Gasteiger partial charge < -0.3 is 10.2 Å². The Hall–Kier alpha value is -0.570. The van der Waals surface area contributed by atoms with Crippen LogP contribution in [0, 0.1) is 17.3 Å². The number of piperidine rings is 1. The second-order valence-electron chi connectivity index (χ2n) is 6.76. The Morgan fingerprint density at radius 2 is 2.05 bits per heavy atom. The van der Waals surface area contributed by atoms with Gasteiger partial charge >= 0.3 is 0 Å². The molecule has 1 atom stereocenters. The molecule has 1 amide bonds. The maximum absolute atomic E-state index is 12.9. The lowest BCUT2D eigenvalue weighted by Gasteiger charge is -2.40. The highest BCUT2D eigenvalue weighted by atomic mass is 16.2. The van der Waals surface area contributed by atoms with Gasteiger partial charge in [0, 0.05) is 19.6 Å². The SMILES string of the molecule is CCCC1CCN(C(=O)C2(C(C)C)CCNC2)CC1. The lowest BCUT2D eigenvalue weighted by Crippen LogP contribution is -2.50. The fraction of sp³-hybridized carbons (Fsp3) is 0.938. The third-order valence-corrected chi connectivity index (χ3v) is 5.32. The molecule has 0 aromatic carbocycles. The van der Waals surface area contributed by atoms with Gasteiger partial charge in [-0.15, -0.1) is 0 Å². The van der Waals surface area contributed by atoms with Gasteiger partial charge in [0.15, 0.2) is 0 Å². The molecule has 0 aromatic rings. The monoisotopic (exact) mass is 266 g/mol. The summed E-state index contributed by atoms with van der Waals surface area (Å²) in [5, 5.41) is 3.40. The van der Waals surface area contributed by atoms with Crippen LogP contribution in [0.4, 0.5) is 0 Å². The van der Waals surface area contributed by atoms with Gasteiger partial charge in [-0.3, -0.25) is 4.79 Å². The lowest BCUT2D eigenvalue weighted by molar-refractivity contribution is -0.145. The Kier molecular flexibility index (Phi) is 4.88. The number of nitrogens with one attached hydrogen (secondary N) is 1. The number of nitrogens with zero attached hydrogens (tertiary/aromatic N) is 1. The topological polar surface area (TPSA) is 32.3 Å². The van der Waals surface area contributed by atoms with E-state index in [4.69, 9.17) is 0 Å². The molecule has 0 bridgehead atoms. The van der Waals surface area contributed by atoms with Crippen molar-refractivity contribution >= 4 is 5.91 Å². The van der Waals surface area contributed by atoms with Crippen molar-refractivity contribution in [3.05, 3.63) is 0 Å². The summed E-state index contributed by atoms with van der Waals surface area (Å²) in [6, 6.07) is 0. The zero-order valence-electron chi connectivity index (χ0n) is 12.9. The van der Waals surface area contributed by atoms with Gasteiger partial charge in [-0.1, -0.05) is 33.6 Å². The number of likely N-dealkylation sites (tertiary alicyclic amines) is 1. The van der Waals surface area contributed by atoms with Gasteiger partial charge in [0.25, 0.3) is 0 Å². The van der Waals surface area contributed by atoms with Gasteiger partial charge in [-0.25, -0.2) is 0 Å². The molecule has 110 valence electrons. The molecule has 1 unspecified atom stereocenters. The van der Waals surface area contributed by atoms with E-state index in [0.29, 0.717) is 11.8 Å². The second-order valence-corrected chi connectivity index (χ2v) is 6.76. The number of carbonyl (C=O) groups is 1. The molecule has 0 spiro atoms. The predicted molar refractivity (Wildman–Crippen MR) is 79.0 cm³/mol. The maximum atomic E-state index is 12.9. The van der Waals surface area contributed by atoms with Crippen LogP contribution in [0.5, 0.6) is 0 Å². The van der Waals surface area contributed by atoms with Crippen LogP contribution in [0.2, 0.25) is 0 Å². The first-order valence-electron chi connectivity index (χ1n) is 8.10. The fourth-order valence-electron chi connectivity index (χ4n) is 3.78. The second kappa shape index (κ2) is 6.25. The highest BCUT2D eigenvalue weighted by Crippen LogP contribution is 2.37. The molecule has 2 aliphatic rings. The van der Waals surface area contributed by atoms with E-state index < -0.39 is 0 Å². The minimum absolute atomic E-state index is 0.127. The van der Waals surface area contributed by atoms with Crippen LogP contribution in [0.1, 0.15) is 52.9 Å². The Morgan fingerprint density at radius 3 is 2.53 bits per heavy atom. The van der Waals surface area contributed by atoms with Crippen LogP contribution in [-0.4, -0.2) is 37.0 Å². The molecule has 0 radical (unpaired) electrons. The van der Waals surface area contributed by atoms with E-state index in [1.807, 2.05) is 0 Å². The van der Waals surface area contributed by atoms with Crippen LogP contribution in [0.25, 0.3) is 0 Å². The zero-order valence-corrected chi connectivity index (χ0v) is 12.9. The van der Waals surface area contributed by atoms with Crippen LogP contribution < -0.4 is 5.32 Å². The highest BCUT2D eigenvalue weighted by molar-refractivity contribution is 5.83. The molecule has 0 aliphatic carbocycles. The predicted octanol–water partition coefficient (Wildman–Crippen LogP) is 2.66. The summed E-state index contributed by atoms with van der Waals surface area (Å²) in [6.07, 6.45) is 6.04. The van der Waals surface area contributed by atoms with Crippen molar-refractivity contribution in [1.82, 2.24) is 10.2 Å². The van der Waals surface area contributed by atoms with Gasteiger partial charge in [-0.2, -0.15) is 0 Å². The molecule has 1 N–H and O–H groups in total. The highest BCUT2D eigenvalue weighted by Gasteiger charge is 2.46. The summed E-state index contributed by atoms with van der Waals surface area (Å²) in [6.45, 7) is 10.5. The lowest BCUT2D eigenvalue weighted by atomic mass is 9.74. The normalized spacial score (nSPS) is 29.2. The number of amides is 1. The largest absolute Gasteiger partial charge is 0.342 e. The number of hydrogen-bond acceptors (Lipinski definition) is 2. The van der Waals surface area contributed by atoms with E-state index in [2.05, 4.69) is 31.0 Å². The summed E-state index contributed by atoms with van der Waals surface area (Å²) in [4.78, 5) is 15.1. The zero-order chi connectivity index (χ0) is 13.9. The molecule has 2 aliphatic heterocycles. The van der Waals surface area contributed by atoms with Crippen molar-refractivity contribution < 1.29 is 4.79 Å². The minimum atomic E-state index is -0.127. The Bertz CT molecular complexity index is 300. The quantitative estimate of drug-likeness (QED) is 0.848. The van der Waals surface area contributed by atoms with E-state index in [1.165, 1.54) is 25.7 Å². The van der Waals surface area contributed by atoms with Crippen molar-refractivity contribution in [2.45, 2.75) is 52.9 Å². The first-order valence-corrected chi connectivity index (χ1v) is 8.10. The number of carbonyl (C=O) groups excluding carboxylic acids is 1. The minimum Gasteiger partial charge on any atom is -0.342 e. The van der Waals surface area contributed by atoms with Crippen molar-refractivity contribution in [3.8, 4) is 0 Å². The summed E-state index contributed by atoms with van der Waals surface area (Å²) in [5.74, 6) is 1.71. The van der Waals surface area contributed by atoms with Crippen molar-refractivity contribution in [2.75, 3.05) is 26.2 Å². The molecule has 3 heteroatoms. The van der Waals surface area contributed by atoms with Crippen molar-refractivity contribution in [1.29, 1.82) is 0 Å². The first-order chi connectivity index (χ1) is 9.10. The standard InChI is InChI=1S/C16H30N2O/c1-4-5-14-6-10-18(11-7-14)15(19)16(13(2)3)8-9-17-12-16/h13-14,17H,4-12H2,1-3H3. The Balaban J connectivity index is 1.96. The van der Waals surface area contributed by atoms with E-state index >= 15 is 0 Å². The van der Waals surface area contributed by atoms with E-state index in [-0.39, 0.29) is 5.41 Å². The summed E-state index contributed by atoms with van der Waals surface area (Å²) < 4.78 is 0. The third-order valence-electron chi connectivity index (χ3n) is 5.32. The van der Waals surface area contributed by atoms with E-state index in [0.717, 1.165) is 38.5 Å². The summed E-state index contributed by atoms with van der Waals surface area (Å²) in [5.41, 5.74) is -0.127. The van der Waals surface area contributed by atoms with Gasteiger partial charge in [-0.05, 0) is 37.6 Å². The van der Waals surface area contributed by atoms with Gasteiger partial charge in [0.1, 0.15) is 0 Å². The van der Waals surface area contributed by atoms with E-state index in [9.17, 15) is 4.79 Å². The Labute approximate surface area is 118 Å². The molecule has 2 heterocycles. The summed E-state index contributed by atoms with van der Waals surface area (Å²) >= 11 is 0. The van der Waals surface area contributed by atoms with Crippen LogP contribution in [0.15, 0.2) is 0 Å². The van der Waals surface area contributed by atoms with Gasteiger partial charge in [0.05, 0.1) is 5.41 Å². The van der Waals surface area contributed by atoms with Crippen LogP contribution >= 0.6 is 0 Å². The fourth-order valence-corrected chi connectivity index (χ4v) is 3.78. The molecule has 2 fully saturated rings. The number of hydrogen-bond donors (Lipinski definition) is 1. The molecular formula is C16H30N2O. The maximum Gasteiger partial charge on any atom is 0.230 e. The van der Waals surface area contributed by atoms with Crippen LogP contribution in [0.3, 0.4) is 0 Å². The molecule has 0 aromatic heterocycles. The smallest absolute Gasteiger partial charge is 0.230 e. The molecule has 3 nitrogen and oxygen atoms in total. The summed E-state index contributed by atoms with van der Waals surface area (Å²) in [7, 11) is 0. The Morgan fingerprint density at radius 1 is 1.37 bits per heavy atom. The van der Waals surface area contributed by atoms with Crippen molar-refractivity contribution in [3.63, 3.8) is 0 Å². The van der Waals surface area contributed by atoms with Crippen LogP contribution in [-0.2, 0) is 4.79 Å². The molecule has 2 saturated heterocycles. The van der Waals surface area contributed by atoms with Crippen molar-refractivity contribution in [2.24, 2.45) is 17.3 Å². The molecule has 19 heavy (non-hydrogen) atoms. The number of rotatable bonds is 4. The van der Waals surface area contributed by atoms with Gasteiger partial charge in [0.2, 0.25) is 5.91 Å². The van der Waals surface area contributed by atoms with E-state index in [1.54, 1.807) is 0 Å². The molecular weight excluding hydrogens is 236 g/mol. The molecule has 2 rings (SSSR count). The average Bonchev–Trinajstić information content (AvgIpc) is 2.90. The molecule has 0 saturated carbocycles. The first kappa shape index (κ1) is 14.8.